The molecular formula is C23H22N4O4S. The Morgan fingerprint density at radius 1 is 1.12 bits per heavy atom. The SMILES string of the molecule is CCc1nn2c(=O)cc(COc3cccc(NC(=O)[C@H](C)Oc4ccccc4)c3)nc2s1. The summed E-state index contributed by atoms with van der Waals surface area (Å²) < 4.78 is 12.8. The lowest BCUT2D eigenvalue weighted by atomic mass is 10.2. The lowest BCUT2D eigenvalue weighted by Gasteiger charge is -2.15. The van der Waals surface area contributed by atoms with Crippen LogP contribution in [0.4, 0.5) is 5.69 Å². The molecule has 0 radical (unpaired) electrons. The molecule has 2 heterocycles. The number of aryl methyl sites for hydroxylation is 1. The molecule has 32 heavy (non-hydrogen) atoms. The molecule has 0 bridgehead atoms. The number of rotatable bonds is 8. The van der Waals surface area contributed by atoms with Gasteiger partial charge in [-0.2, -0.15) is 9.61 Å². The van der Waals surface area contributed by atoms with E-state index >= 15 is 0 Å². The number of nitrogens with zero attached hydrogens (tertiary/aromatic N) is 3. The number of aromatic nitrogens is 3. The fourth-order valence-corrected chi connectivity index (χ4v) is 3.79. The van der Waals surface area contributed by atoms with E-state index in [2.05, 4.69) is 15.4 Å². The molecule has 164 valence electrons. The van der Waals surface area contributed by atoms with E-state index in [4.69, 9.17) is 9.47 Å². The van der Waals surface area contributed by atoms with Gasteiger partial charge in [-0.3, -0.25) is 9.59 Å². The molecule has 0 aliphatic rings. The Morgan fingerprint density at radius 2 is 1.91 bits per heavy atom. The summed E-state index contributed by atoms with van der Waals surface area (Å²) >= 11 is 1.39. The fourth-order valence-electron chi connectivity index (χ4n) is 2.93. The van der Waals surface area contributed by atoms with Gasteiger partial charge < -0.3 is 14.8 Å². The average molecular weight is 451 g/mol. The van der Waals surface area contributed by atoms with Crippen LogP contribution in [0.25, 0.3) is 4.96 Å². The largest absolute Gasteiger partial charge is 0.487 e. The highest BCUT2D eigenvalue weighted by atomic mass is 32.1. The summed E-state index contributed by atoms with van der Waals surface area (Å²) in [5.74, 6) is 0.891. The highest BCUT2D eigenvalue weighted by Gasteiger charge is 2.15. The second-order valence-corrected chi connectivity index (χ2v) is 8.05. The zero-order valence-electron chi connectivity index (χ0n) is 17.6. The molecule has 4 rings (SSSR count). The minimum absolute atomic E-state index is 0.121. The first-order chi connectivity index (χ1) is 15.5. The summed E-state index contributed by atoms with van der Waals surface area (Å²) in [5.41, 5.74) is 0.855. The zero-order valence-corrected chi connectivity index (χ0v) is 18.5. The molecular weight excluding hydrogens is 428 g/mol. The first-order valence-electron chi connectivity index (χ1n) is 10.2. The van der Waals surface area contributed by atoms with Crippen molar-refractivity contribution in [3.8, 4) is 11.5 Å². The normalized spacial score (nSPS) is 11.8. The van der Waals surface area contributed by atoms with E-state index in [1.165, 1.54) is 21.9 Å². The Labute approximate surface area is 188 Å². The van der Waals surface area contributed by atoms with Gasteiger partial charge >= 0.3 is 0 Å². The number of anilines is 1. The molecule has 4 aromatic rings. The third-order valence-electron chi connectivity index (χ3n) is 4.56. The number of amides is 1. The fraction of sp³-hybridized carbons (Fsp3) is 0.217. The smallest absolute Gasteiger partial charge is 0.275 e. The molecule has 0 saturated carbocycles. The van der Waals surface area contributed by atoms with Crippen LogP contribution < -0.4 is 20.3 Å². The quantitative estimate of drug-likeness (QED) is 0.440. The molecule has 0 aliphatic heterocycles. The van der Waals surface area contributed by atoms with E-state index in [1.54, 1.807) is 43.3 Å². The minimum atomic E-state index is -0.668. The summed E-state index contributed by atoms with van der Waals surface area (Å²) in [5, 5.41) is 7.91. The third kappa shape index (κ3) is 5.12. The standard InChI is InChI=1S/C23H22N4O4S/c1-3-20-26-27-21(28)13-17(25-23(27)32-20)14-30-19-11-7-8-16(12-19)24-22(29)15(2)31-18-9-5-4-6-10-18/h4-13,15H,3,14H2,1-2H3,(H,24,29)/t15-/m0/s1. The van der Waals surface area contributed by atoms with Crippen LogP contribution >= 0.6 is 11.3 Å². The second kappa shape index (κ2) is 9.61. The molecule has 1 amide bonds. The van der Waals surface area contributed by atoms with E-state index in [0.29, 0.717) is 27.8 Å². The van der Waals surface area contributed by atoms with Gasteiger partial charge in [0.1, 0.15) is 23.1 Å². The van der Waals surface area contributed by atoms with Crippen LogP contribution in [0.3, 0.4) is 0 Å². The molecule has 8 nitrogen and oxygen atoms in total. The Kier molecular flexibility index (Phi) is 6.46. The lowest BCUT2D eigenvalue weighted by molar-refractivity contribution is -0.122. The maximum Gasteiger partial charge on any atom is 0.275 e. The van der Waals surface area contributed by atoms with Gasteiger partial charge in [-0.15, -0.1) is 0 Å². The number of hydrogen-bond acceptors (Lipinski definition) is 7. The summed E-state index contributed by atoms with van der Waals surface area (Å²) in [6.45, 7) is 3.79. The average Bonchev–Trinajstić information content (AvgIpc) is 3.23. The van der Waals surface area contributed by atoms with Crippen molar-refractivity contribution in [3.63, 3.8) is 0 Å². The predicted molar refractivity (Wildman–Crippen MR) is 122 cm³/mol. The van der Waals surface area contributed by atoms with Crippen molar-refractivity contribution < 1.29 is 14.3 Å². The van der Waals surface area contributed by atoms with E-state index in [9.17, 15) is 9.59 Å². The first kappa shape index (κ1) is 21.5. The van der Waals surface area contributed by atoms with Crippen molar-refractivity contribution in [1.82, 2.24) is 14.6 Å². The molecule has 0 spiro atoms. The van der Waals surface area contributed by atoms with Gasteiger partial charge in [0.15, 0.2) is 6.10 Å². The Balaban J connectivity index is 1.39. The highest BCUT2D eigenvalue weighted by Crippen LogP contribution is 2.20. The van der Waals surface area contributed by atoms with Crippen molar-refractivity contribution in [2.45, 2.75) is 33.0 Å². The van der Waals surface area contributed by atoms with Gasteiger partial charge in [0.25, 0.3) is 11.5 Å². The van der Waals surface area contributed by atoms with Crippen LogP contribution in [0.5, 0.6) is 11.5 Å². The number of ether oxygens (including phenoxy) is 2. The van der Waals surface area contributed by atoms with Crippen molar-refractivity contribution in [2.75, 3.05) is 5.32 Å². The van der Waals surface area contributed by atoms with Crippen molar-refractivity contribution in [3.05, 3.63) is 81.7 Å². The number of carbonyl (C=O) groups excluding carboxylic acids is 1. The van der Waals surface area contributed by atoms with Gasteiger partial charge in [-0.05, 0) is 37.6 Å². The van der Waals surface area contributed by atoms with Crippen molar-refractivity contribution in [2.24, 2.45) is 0 Å². The van der Waals surface area contributed by atoms with Gasteiger partial charge in [0, 0.05) is 17.8 Å². The molecule has 1 atom stereocenters. The number of hydrogen-bond donors (Lipinski definition) is 1. The topological polar surface area (TPSA) is 94.8 Å². The second-order valence-electron chi connectivity index (χ2n) is 7.01. The van der Waals surface area contributed by atoms with E-state index < -0.39 is 6.10 Å². The van der Waals surface area contributed by atoms with Gasteiger partial charge in [-0.1, -0.05) is 42.5 Å². The molecule has 0 aliphatic carbocycles. The number of para-hydroxylation sites is 1. The van der Waals surface area contributed by atoms with Gasteiger partial charge in [0.2, 0.25) is 4.96 Å². The maximum atomic E-state index is 12.5. The van der Waals surface area contributed by atoms with Gasteiger partial charge in [0.05, 0.1) is 5.69 Å². The number of carbonyl (C=O) groups is 1. The van der Waals surface area contributed by atoms with Crippen LogP contribution in [0.1, 0.15) is 24.5 Å². The Morgan fingerprint density at radius 3 is 2.69 bits per heavy atom. The Hall–Kier alpha value is -3.72. The van der Waals surface area contributed by atoms with Gasteiger partial charge in [-0.25, -0.2) is 4.98 Å². The lowest BCUT2D eigenvalue weighted by Crippen LogP contribution is -2.30. The van der Waals surface area contributed by atoms with Crippen molar-refractivity contribution >= 4 is 27.9 Å². The summed E-state index contributed by atoms with van der Waals surface area (Å²) in [6, 6.07) is 17.6. The number of nitrogens with one attached hydrogen (secondary N) is 1. The zero-order chi connectivity index (χ0) is 22.5. The minimum Gasteiger partial charge on any atom is -0.487 e. The van der Waals surface area contributed by atoms with E-state index in [-0.39, 0.29) is 18.1 Å². The molecule has 0 unspecified atom stereocenters. The predicted octanol–water partition coefficient (Wildman–Crippen LogP) is 3.70. The van der Waals surface area contributed by atoms with E-state index in [0.717, 1.165) is 11.4 Å². The highest BCUT2D eigenvalue weighted by molar-refractivity contribution is 7.16. The van der Waals surface area contributed by atoms with Crippen LogP contribution in [0.2, 0.25) is 0 Å². The molecule has 0 fully saturated rings. The molecule has 2 aromatic carbocycles. The summed E-state index contributed by atoms with van der Waals surface area (Å²) in [4.78, 5) is 29.7. The molecule has 0 saturated heterocycles. The van der Waals surface area contributed by atoms with E-state index in [1.807, 2.05) is 25.1 Å². The van der Waals surface area contributed by atoms with Crippen LogP contribution in [-0.4, -0.2) is 26.6 Å². The summed E-state index contributed by atoms with van der Waals surface area (Å²) in [7, 11) is 0. The Bertz CT molecular complexity index is 1290. The van der Waals surface area contributed by atoms with Crippen molar-refractivity contribution in [1.29, 1.82) is 0 Å². The third-order valence-corrected chi connectivity index (χ3v) is 5.61. The monoisotopic (exact) mass is 450 g/mol. The first-order valence-corrected chi connectivity index (χ1v) is 11.0. The van der Waals surface area contributed by atoms with Crippen LogP contribution in [-0.2, 0) is 17.8 Å². The number of benzene rings is 2. The van der Waals surface area contributed by atoms with Crippen LogP contribution in [0.15, 0.2) is 65.5 Å². The summed E-state index contributed by atoms with van der Waals surface area (Å²) in [6.07, 6.45) is 0.0746. The van der Waals surface area contributed by atoms with Crippen LogP contribution in [0, 0.1) is 0 Å². The molecule has 2 aromatic heterocycles. The number of fused-ring (bicyclic) bond motifs is 1. The molecule has 9 heteroatoms. The molecule has 1 N–H and O–H groups in total. The maximum absolute atomic E-state index is 12.5.